The third-order valence-corrected chi connectivity index (χ3v) is 15.1. The minimum absolute atomic E-state index is 0.130. The molecule has 11 aromatic rings. The van der Waals surface area contributed by atoms with Gasteiger partial charge in [0.05, 0.1) is 85.1 Å². The van der Waals surface area contributed by atoms with E-state index in [1.807, 2.05) is 96.6 Å². The minimum Gasteiger partial charge on any atom is -0.260 e. The summed E-state index contributed by atoms with van der Waals surface area (Å²) in [6.45, 7) is 16.1. The maximum Gasteiger partial charge on any atom is 0.267 e. The standard InChI is InChI=1S/C14H13N5OS.C14H13N5.C13H13BrN4.C13H11NO3S.CHCl3/c1-8(2)19-13-11(7-17-19)9(5-15)4-10-6-16-14(21(3)20)18-12(10)13;1-8(2)19-14-12(7-17-19)10(5-15)4-11-6-16-9(3)18-13(11)14;1-7(2)18-13-10(6-16-18)11(14)4-9-5-15-8(3)17-12(9)13;15-18(16,12-9-5-2-6-10-12)14-13(17-14)11-7-3-1-4-8-11;2-1(3)4/h4,6-8H,1-3H3;4,6-8H,1-3H3;4-7H,1-3H3;1-10,13H;1H/t;;;13-,14?;/m...1./s1. The second-order valence-corrected chi connectivity index (χ2v) is 24.6. The molecule has 0 N–H and O–H groups in total. The molecule has 1 fully saturated rings. The molecular weight excluding hydrogens is 1190 g/mol. The monoisotopic (exact) mass is 1230 g/mol. The molecule has 0 saturated carbocycles. The Morgan fingerprint density at radius 3 is 1.45 bits per heavy atom. The molecule has 0 spiro atoms. The zero-order valence-electron chi connectivity index (χ0n) is 44.5. The van der Waals surface area contributed by atoms with E-state index in [1.165, 1.54) is 0 Å². The summed E-state index contributed by atoms with van der Waals surface area (Å²) in [4.78, 5) is 31.4. The van der Waals surface area contributed by atoms with Crippen LogP contribution in [0.2, 0.25) is 0 Å². The first-order valence-corrected chi connectivity index (χ1v) is 29.7. The van der Waals surface area contributed by atoms with E-state index in [9.17, 15) is 23.2 Å². The van der Waals surface area contributed by atoms with E-state index in [1.54, 1.807) is 67.4 Å². The number of sulfonamides is 1. The molecule has 2 unspecified atom stereocenters. The Labute approximate surface area is 486 Å². The van der Waals surface area contributed by atoms with E-state index >= 15 is 0 Å². The molecule has 0 amide bonds. The van der Waals surface area contributed by atoms with Crippen LogP contribution in [0.25, 0.3) is 65.4 Å². The maximum absolute atomic E-state index is 12.2. The van der Waals surface area contributed by atoms with Crippen LogP contribution in [-0.2, 0) is 25.7 Å². The van der Waals surface area contributed by atoms with Crippen LogP contribution in [0.15, 0.2) is 131 Å². The van der Waals surface area contributed by atoms with Crippen LogP contribution in [0.1, 0.15) is 94.2 Å². The van der Waals surface area contributed by atoms with Crippen LogP contribution < -0.4 is 0 Å². The Hall–Kier alpha value is -7.12. The number of fused-ring (bicyclic) bond motifs is 9. The molecule has 1 aliphatic rings. The molecule has 0 aliphatic carbocycles. The molecular formula is C55H51BrCl3N15O4S2. The lowest BCUT2D eigenvalue weighted by Crippen LogP contribution is -2.12. The molecule has 1 saturated heterocycles. The summed E-state index contributed by atoms with van der Waals surface area (Å²) >= 11 is 18.0. The molecule has 410 valence electrons. The van der Waals surface area contributed by atoms with Gasteiger partial charge in [0.1, 0.15) is 17.2 Å². The third-order valence-electron chi connectivity index (χ3n) is 12.1. The number of aromatic nitrogens is 12. The predicted molar refractivity (Wildman–Crippen MR) is 316 cm³/mol. The summed E-state index contributed by atoms with van der Waals surface area (Å²) in [6, 6.07) is 28.2. The second-order valence-electron chi connectivity index (χ2n) is 18.7. The Kier molecular flexibility index (Phi) is 18.5. The number of nitriles is 2. The number of rotatable bonds is 7. The largest absolute Gasteiger partial charge is 0.267 e. The van der Waals surface area contributed by atoms with E-state index in [0.717, 1.165) is 86.1 Å². The minimum atomic E-state index is -3.55. The van der Waals surface area contributed by atoms with Crippen molar-refractivity contribution in [3.63, 3.8) is 0 Å². The van der Waals surface area contributed by atoms with Crippen molar-refractivity contribution in [1.29, 1.82) is 10.5 Å². The molecule has 80 heavy (non-hydrogen) atoms. The maximum atomic E-state index is 12.2. The van der Waals surface area contributed by atoms with Crippen molar-refractivity contribution >= 4 is 137 Å². The van der Waals surface area contributed by atoms with Gasteiger partial charge in [0.2, 0.25) is 5.16 Å². The Morgan fingerprint density at radius 2 is 1.01 bits per heavy atom. The average Bonchev–Trinajstić information content (AvgIpc) is 3.70. The summed E-state index contributed by atoms with van der Waals surface area (Å²) in [7, 11) is -4.81. The fourth-order valence-corrected chi connectivity index (χ4v) is 10.7. The lowest BCUT2D eigenvalue weighted by molar-refractivity contribution is 0.283. The van der Waals surface area contributed by atoms with E-state index < -0.39 is 31.3 Å². The average molecular weight is 1240 g/mol. The first-order valence-electron chi connectivity index (χ1n) is 24.6. The molecule has 12 rings (SSSR count). The van der Waals surface area contributed by atoms with Crippen LogP contribution in [-0.4, -0.2) is 86.9 Å². The smallest absolute Gasteiger partial charge is 0.260 e. The molecule has 0 bridgehead atoms. The number of benzene rings is 5. The molecule has 5 aromatic carbocycles. The normalized spacial score (nSPS) is 14.3. The Morgan fingerprint density at radius 1 is 0.613 bits per heavy atom. The van der Waals surface area contributed by atoms with E-state index in [0.29, 0.717) is 22.7 Å². The lowest BCUT2D eigenvalue weighted by atomic mass is 10.1. The number of hydrogen-bond donors (Lipinski definition) is 0. The van der Waals surface area contributed by atoms with Crippen molar-refractivity contribution in [2.45, 2.75) is 94.1 Å². The summed E-state index contributed by atoms with van der Waals surface area (Å²) in [5, 5.41) is 37.4. The van der Waals surface area contributed by atoms with Gasteiger partial charge >= 0.3 is 0 Å². The fourth-order valence-electron chi connectivity index (χ4n) is 8.51. The van der Waals surface area contributed by atoms with Gasteiger partial charge in [-0.05, 0) is 90.2 Å². The zero-order valence-corrected chi connectivity index (χ0v) is 50.0. The van der Waals surface area contributed by atoms with Crippen LogP contribution in [0.3, 0.4) is 0 Å². The lowest BCUT2D eigenvalue weighted by Gasteiger charge is -2.09. The fraction of sp³-hybridized carbons (Fsp3) is 0.255. The number of halogens is 4. The topological polar surface area (TPSA) is 245 Å². The predicted octanol–water partition coefficient (Wildman–Crippen LogP) is 12.8. The van der Waals surface area contributed by atoms with Gasteiger partial charge < -0.3 is 0 Å². The zero-order chi connectivity index (χ0) is 57.7. The van der Waals surface area contributed by atoms with Gasteiger partial charge in [-0.25, -0.2) is 38.3 Å². The molecule has 25 heteroatoms. The number of aryl methyl sites for hydroxylation is 2. The summed E-state index contributed by atoms with van der Waals surface area (Å²) in [5.74, 6) is 1.50. The van der Waals surface area contributed by atoms with Gasteiger partial charge in [0.15, 0.2) is 10.5 Å². The van der Waals surface area contributed by atoms with Gasteiger partial charge in [-0.1, -0.05) is 99.3 Å². The van der Waals surface area contributed by atoms with E-state index in [2.05, 4.69) is 101 Å². The van der Waals surface area contributed by atoms with Crippen molar-refractivity contribution in [3.05, 3.63) is 149 Å². The highest BCUT2D eigenvalue weighted by atomic mass is 79.9. The van der Waals surface area contributed by atoms with Gasteiger partial charge in [0, 0.05) is 85.3 Å². The molecule has 6 aromatic heterocycles. The highest BCUT2D eigenvalue weighted by molar-refractivity contribution is 9.10. The van der Waals surface area contributed by atoms with Crippen LogP contribution in [0, 0.1) is 36.5 Å². The van der Waals surface area contributed by atoms with Crippen LogP contribution in [0.5, 0.6) is 0 Å². The number of nitrogens with zero attached hydrogens (tertiary/aromatic N) is 15. The highest BCUT2D eigenvalue weighted by Crippen LogP contribution is 2.42. The number of hydrogen-bond acceptors (Lipinski definition) is 15. The Bertz CT molecular complexity index is 4300. The number of alkyl halides is 3. The highest BCUT2D eigenvalue weighted by Gasteiger charge is 2.48. The van der Waals surface area contributed by atoms with Crippen LogP contribution in [0.4, 0.5) is 0 Å². The molecule has 7 heterocycles. The van der Waals surface area contributed by atoms with Crippen molar-refractivity contribution in [3.8, 4) is 12.1 Å². The van der Waals surface area contributed by atoms with Crippen molar-refractivity contribution in [2.75, 3.05) is 6.26 Å². The summed E-state index contributed by atoms with van der Waals surface area (Å²) in [6.07, 6.45) is 11.6. The van der Waals surface area contributed by atoms with Gasteiger partial charge in [-0.2, -0.15) is 25.8 Å². The molecule has 0 radical (unpaired) electrons. The van der Waals surface area contributed by atoms with Gasteiger partial charge in [0.25, 0.3) is 10.0 Å². The van der Waals surface area contributed by atoms with Crippen molar-refractivity contribution in [1.82, 2.24) is 63.7 Å². The SMILES string of the molecule is CC(C)n1ncc2c(C#N)cc3cnc(S(C)=O)nc3c21.Cc1ncc2cc(Br)c3cnn(C(C)C)c3c2n1.Cc1ncc2cc(C#N)c3cnn(C(C)C)c3c2n1.ClC(Cl)Cl.O=S(=O)(c1ccccc1)N1O[C@@H]1c1ccccc1. The molecule has 19 nitrogen and oxygen atoms in total. The molecule has 1 aliphatic heterocycles. The summed E-state index contributed by atoms with van der Waals surface area (Å²) < 4.78 is 43.0. The summed E-state index contributed by atoms with van der Waals surface area (Å²) in [5.41, 5.74) is 7.25. The van der Waals surface area contributed by atoms with Gasteiger partial charge in [-0.15, -0.1) is 0 Å². The van der Waals surface area contributed by atoms with Crippen LogP contribution >= 0.6 is 50.7 Å². The number of hydroxylamine groups is 1. The second kappa shape index (κ2) is 25.1. The van der Waals surface area contributed by atoms with E-state index in [-0.39, 0.29) is 22.1 Å². The van der Waals surface area contributed by atoms with Gasteiger partial charge in [-0.3, -0.25) is 23.1 Å². The third kappa shape index (κ3) is 12.7. The Balaban J connectivity index is 0.000000137. The first-order chi connectivity index (χ1) is 38.1. The van der Waals surface area contributed by atoms with Crippen molar-refractivity contribution < 1.29 is 17.5 Å². The van der Waals surface area contributed by atoms with E-state index in [4.69, 9.17) is 39.6 Å². The first kappa shape index (κ1) is 59.0. The molecule has 3 atom stereocenters. The van der Waals surface area contributed by atoms with Crippen molar-refractivity contribution in [2.24, 2.45) is 0 Å². The quantitative estimate of drug-likeness (QED) is 0.0818.